The van der Waals surface area contributed by atoms with Crippen molar-refractivity contribution in [2.45, 2.75) is 6.92 Å². The number of aryl methyl sites for hydroxylation is 1. The zero-order chi connectivity index (χ0) is 19.6. The summed E-state index contributed by atoms with van der Waals surface area (Å²) < 4.78 is 70.6. The van der Waals surface area contributed by atoms with E-state index in [1.165, 1.54) is 17.4 Å². The monoisotopic (exact) mass is 374 g/mol. The van der Waals surface area contributed by atoms with Crippen LogP contribution in [0.1, 0.15) is 15.9 Å². The van der Waals surface area contributed by atoms with Gasteiger partial charge in [-0.25, -0.2) is 26.7 Å². The van der Waals surface area contributed by atoms with Gasteiger partial charge >= 0.3 is 5.97 Å². The molecule has 2 aromatic rings. The number of carbonyl (C=O) groups excluding carboxylic acids is 2. The normalized spacial score (nSPS) is 10.5. The van der Waals surface area contributed by atoms with Crippen LogP contribution in [-0.4, -0.2) is 18.5 Å². The Hall–Kier alpha value is -3.17. The topological polar surface area (TPSA) is 81.4 Å². The summed E-state index contributed by atoms with van der Waals surface area (Å²) in [5, 5.41) is 1.48. The van der Waals surface area contributed by atoms with Crippen molar-refractivity contribution in [2.24, 2.45) is 0 Å². The van der Waals surface area contributed by atoms with Crippen LogP contribution >= 0.6 is 0 Å². The predicted molar refractivity (Wildman–Crippen MR) is 80.7 cm³/mol. The first-order valence-electron chi connectivity index (χ1n) is 6.98. The van der Waals surface area contributed by atoms with E-state index < -0.39 is 53.3 Å². The zero-order valence-electron chi connectivity index (χ0n) is 13.1. The van der Waals surface area contributed by atoms with Crippen molar-refractivity contribution < 1.29 is 36.3 Å². The van der Waals surface area contributed by atoms with E-state index >= 15 is 0 Å². The Bertz CT molecular complexity index is 873. The van der Waals surface area contributed by atoms with Gasteiger partial charge in [-0.15, -0.1) is 0 Å². The van der Waals surface area contributed by atoms with Crippen molar-refractivity contribution in [3.05, 3.63) is 58.4 Å². The molecule has 0 saturated heterocycles. The Morgan fingerprint density at radius 3 is 2.12 bits per heavy atom. The molecule has 0 radical (unpaired) electrons. The molecule has 26 heavy (non-hydrogen) atoms. The zero-order valence-corrected chi connectivity index (χ0v) is 13.1. The maximum Gasteiger partial charge on any atom is 0.340 e. The van der Waals surface area contributed by atoms with Crippen LogP contribution in [0.3, 0.4) is 0 Å². The molecule has 0 aliphatic carbocycles. The summed E-state index contributed by atoms with van der Waals surface area (Å²) in [5.74, 6) is -13.5. The summed E-state index contributed by atoms with van der Waals surface area (Å²) in [6.07, 6.45) is 0. The number of benzene rings is 2. The van der Waals surface area contributed by atoms with Crippen LogP contribution in [0.25, 0.3) is 0 Å². The molecular formula is C16H11F5N2O3. The molecule has 0 atom stereocenters. The van der Waals surface area contributed by atoms with Crippen molar-refractivity contribution in [3.8, 4) is 0 Å². The Morgan fingerprint density at radius 2 is 1.54 bits per heavy atom. The van der Waals surface area contributed by atoms with Gasteiger partial charge in [-0.05, 0) is 18.6 Å². The second-order valence-corrected chi connectivity index (χ2v) is 5.11. The molecule has 0 saturated carbocycles. The molecule has 10 heteroatoms. The van der Waals surface area contributed by atoms with E-state index in [0.717, 1.165) is 0 Å². The van der Waals surface area contributed by atoms with E-state index in [4.69, 9.17) is 5.73 Å². The van der Waals surface area contributed by atoms with Gasteiger partial charge in [0.2, 0.25) is 5.82 Å². The van der Waals surface area contributed by atoms with E-state index in [1.807, 2.05) is 0 Å². The molecule has 0 aliphatic heterocycles. The average Bonchev–Trinajstić information content (AvgIpc) is 2.62. The first-order chi connectivity index (χ1) is 12.1. The van der Waals surface area contributed by atoms with E-state index in [1.54, 1.807) is 13.0 Å². The molecule has 0 bridgehead atoms. The second-order valence-electron chi connectivity index (χ2n) is 5.11. The summed E-state index contributed by atoms with van der Waals surface area (Å²) in [6, 6.07) is 4.46. The molecule has 0 unspecified atom stereocenters. The second kappa shape index (κ2) is 7.38. The van der Waals surface area contributed by atoms with E-state index in [9.17, 15) is 31.5 Å². The first kappa shape index (κ1) is 19.2. The molecule has 138 valence electrons. The number of hydrogen-bond donors (Lipinski definition) is 2. The Kier molecular flexibility index (Phi) is 5.44. The predicted octanol–water partition coefficient (Wildman–Crippen LogP) is 3.07. The molecule has 2 aromatic carbocycles. The van der Waals surface area contributed by atoms with Gasteiger partial charge in [-0.3, -0.25) is 4.79 Å². The number of hydrogen-bond acceptors (Lipinski definition) is 4. The summed E-state index contributed by atoms with van der Waals surface area (Å²) in [7, 11) is 0. The first-order valence-corrected chi connectivity index (χ1v) is 6.98. The third-order valence-corrected chi connectivity index (χ3v) is 3.35. The molecule has 3 N–H and O–H groups in total. The van der Waals surface area contributed by atoms with E-state index in [2.05, 4.69) is 4.74 Å². The number of para-hydroxylation sites is 1. The van der Waals surface area contributed by atoms with Crippen molar-refractivity contribution in [1.82, 2.24) is 0 Å². The van der Waals surface area contributed by atoms with Gasteiger partial charge in [0, 0.05) is 5.69 Å². The fraction of sp³-hybridized carbons (Fsp3) is 0.125. The van der Waals surface area contributed by atoms with Gasteiger partial charge in [-0.1, -0.05) is 12.1 Å². The number of esters is 1. The standard InChI is InChI=1S/C16H11F5N2O3/c1-6-3-2-4-7(14(6)22)16(25)26-5-8(24)23-15-12(20)10(18)9(17)11(19)13(15)21/h2-4H,5,22H2,1H3,(H,23,24). The maximum absolute atomic E-state index is 13.5. The lowest BCUT2D eigenvalue weighted by molar-refractivity contribution is -0.119. The number of rotatable bonds is 4. The minimum atomic E-state index is -2.36. The lowest BCUT2D eigenvalue weighted by atomic mass is 10.1. The number of halogens is 5. The third-order valence-electron chi connectivity index (χ3n) is 3.35. The molecule has 2 rings (SSSR count). The molecule has 0 aromatic heterocycles. The fourth-order valence-electron chi connectivity index (χ4n) is 1.96. The van der Waals surface area contributed by atoms with Gasteiger partial charge in [-0.2, -0.15) is 0 Å². The number of carbonyl (C=O) groups is 2. The van der Waals surface area contributed by atoms with E-state index in [-0.39, 0.29) is 11.3 Å². The van der Waals surface area contributed by atoms with E-state index in [0.29, 0.717) is 5.56 Å². The highest BCUT2D eigenvalue weighted by Gasteiger charge is 2.27. The highest BCUT2D eigenvalue weighted by molar-refractivity contribution is 5.98. The minimum absolute atomic E-state index is 0.0472. The minimum Gasteiger partial charge on any atom is -0.452 e. The molecule has 0 heterocycles. The molecule has 0 aliphatic rings. The van der Waals surface area contributed by atoms with Crippen molar-refractivity contribution in [2.75, 3.05) is 17.7 Å². The number of ether oxygens (including phenoxy) is 1. The SMILES string of the molecule is Cc1cccc(C(=O)OCC(=O)Nc2c(F)c(F)c(F)c(F)c2F)c1N. The quantitative estimate of drug-likeness (QED) is 0.283. The maximum atomic E-state index is 13.5. The van der Waals surface area contributed by atoms with Crippen LogP contribution in [-0.2, 0) is 9.53 Å². The van der Waals surface area contributed by atoms with Crippen LogP contribution in [0.15, 0.2) is 18.2 Å². The lowest BCUT2D eigenvalue weighted by Crippen LogP contribution is -2.23. The Morgan fingerprint density at radius 1 is 1.00 bits per heavy atom. The van der Waals surface area contributed by atoms with Crippen molar-refractivity contribution >= 4 is 23.3 Å². The van der Waals surface area contributed by atoms with Gasteiger partial charge < -0.3 is 15.8 Å². The van der Waals surface area contributed by atoms with Crippen LogP contribution in [0, 0.1) is 36.0 Å². The Balaban J connectivity index is 2.11. The summed E-state index contributed by atoms with van der Waals surface area (Å²) in [6.45, 7) is 0.591. The van der Waals surface area contributed by atoms with Gasteiger partial charge in [0.05, 0.1) is 5.56 Å². The highest BCUT2D eigenvalue weighted by Crippen LogP contribution is 2.27. The van der Waals surface area contributed by atoms with Crippen LogP contribution < -0.4 is 11.1 Å². The molecule has 1 amide bonds. The van der Waals surface area contributed by atoms with Gasteiger partial charge in [0.15, 0.2) is 29.9 Å². The number of nitrogens with two attached hydrogens (primary N) is 1. The van der Waals surface area contributed by atoms with Gasteiger partial charge in [0.25, 0.3) is 5.91 Å². The van der Waals surface area contributed by atoms with Crippen molar-refractivity contribution in [1.29, 1.82) is 0 Å². The largest absolute Gasteiger partial charge is 0.452 e. The smallest absolute Gasteiger partial charge is 0.340 e. The summed E-state index contributed by atoms with van der Waals surface area (Å²) >= 11 is 0. The summed E-state index contributed by atoms with van der Waals surface area (Å²) in [4.78, 5) is 23.5. The summed E-state index contributed by atoms with van der Waals surface area (Å²) in [5.41, 5.74) is 4.77. The molecule has 5 nitrogen and oxygen atoms in total. The van der Waals surface area contributed by atoms with Gasteiger partial charge in [0.1, 0.15) is 5.69 Å². The van der Waals surface area contributed by atoms with Crippen LogP contribution in [0.5, 0.6) is 0 Å². The Labute approximate surface area is 143 Å². The highest BCUT2D eigenvalue weighted by atomic mass is 19.2. The molecular weight excluding hydrogens is 363 g/mol. The molecule has 0 fully saturated rings. The average molecular weight is 374 g/mol. The van der Waals surface area contributed by atoms with Crippen LogP contribution in [0.4, 0.5) is 33.3 Å². The van der Waals surface area contributed by atoms with Crippen molar-refractivity contribution in [3.63, 3.8) is 0 Å². The lowest BCUT2D eigenvalue weighted by Gasteiger charge is -2.11. The number of amides is 1. The number of nitrogens with one attached hydrogen (secondary N) is 1. The third kappa shape index (κ3) is 3.58. The number of nitrogen functional groups attached to an aromatic ring is 1. The fourth-order valence-corrected chi connectivity index (χ4v) is 1.96. The number of anilines is 2. The van der Waals surface area contributed by atoms with Crippen LogP contribution in [0.2, 0.25) is 0 Å². The molecule has 0 spiro atoms.